The molecule has 0 aromatic carbocycles. The molecule has 3 N–H and O–H groups in total. The van der Waals surface area contributed by atoms with Crippen molar-refractivity contribution in [1.82, 2.24) is 9.97 Å². The van der Waals surface area contributed by atoms with Crippen LogP contribution in [-0.2, 0) is 6.61 Å². The molecule has 8 heteroatoms. The molecule has 0 aliphatic heterocycles. The first-order valence-corrected chi connectivity index (χ1v) is 7.99. The lowest BCUT2D eigenvalue weighted by Gasteiger charge is -2.08. The second-order valence-corrected chi connectivity index (χ2v) is 5.80. The molecule has 2 aromatic rings. The van der Waals surface area contributed by atoms with Crippen molar-refractivity contribution in [2.45, 2.75) is 13.5 Å². The highest BCUT2D eigenvalue weighted by Gasteiger charge is 2.08. The predicted octanol–water partition coefficient (Wildman–Crippen LogP) is 3.12. The summed E-state index contributed by atoms with van der Waals surface area (Å²) in [6, 6.07) is 3.96. The van der Waals surface area contributed by atoms with Crippen molar-refractivity contribution in [1.29, 1.82) is 0 Å². The number of aliphatic imine (C=N–C) groups is 1. The van der Waals surface area contributed by atoms with E-state index in [0.717, 1.165) is 11.1 Å². The van der Waals surface area contributed by atoms with Crippen LogP contribution in [0.5, 0.6) is 6.01 Å². The number of anilines is 1. The predicted molar refractivity (Wildman–Crippen MR) is 94.7 cm³/mol. The van der Waals surface area contributed by atoms with Crippen LogP contribution in [0.1, 0.15) is 11.8 Å². The summed E-state index contributed by atoms with van der Waals surface area (Å²) in [4.78, 5) is 13.0. The van der Waals surface area contributed by atoms with Crippen LogP contribution in [0.25, 0.3) is 0 Å². The number of hydrogen-bond donors (Lipinski definition) is 2. The van der Waals surface area contributed by atoms with E-state index in [1.165, 1.54) is 6.20 Å². The number of nitrogens with two attached hydrogens (primary N) is 1. The normalized spacial score (nSPS) is 12.1. The summed E-state index contributed by atoms with van der Waals surface area (Å²) in [5, 5.41) is 4.79. The van der Waals surface area contributed by atoms with Gasteiger partial charge in [0.15, 0.2) is 11.6 Å². The molecule has 2 rings (SSSR count). The minimum atomic E-state index is -0.576. The van der Waals surface area contributed by atoms with Crippen molar-refractivity contribution >= 4 is 22.9 Å². The first kappa shape index (κ1) is 17.6. The largest absolute Gasteiger partial charge is 0.458 e. The van der Waals surface area contributed by atoms with Gasteiger partial charge in [-0.3, -0.25) is 4.99 Å². The zero-order chi connectivity index (χ0) is 17.4. The van der Waals surface area contributed by atoms with Crippen LogP contribution in [-0.4, -0.2) is 22.2 Å². The standard InChI is InChI=1S/C16H18FN5OS/c1-3-12(19-7-11(2)18)8-20-15-14(17)9-21-16(22-15)23-10-13-5-4-6-24-13/h3-7,9H,1,8,10,18H2,2H3,(H,20,21,22)/b11-7-,19-12+. The van der Waals surface area contributed by atoms with Gasteiger partial charge in [-0.15, -0.1) is 11.3 Å². The summed E-state index contributed by atoms with van der Waals surface area (Å²) in [6.45, 7) is 5.96. The number of halogens is 1. The van der Waals surface area contributed by atoms with Gasteiger partial charge in [-0.05, 0) is 24.4 Å². The molecule has 0 spiro atoms. The van der Waals surface area contributed by atoms with Crippen LogP contribution in [0, 0.1) is 5.82 Å². The quantitative estimate of drug-likeness (QED) is 0.717. The van der Waals surface area contributed by atoms with Crippen molar-refractivity contribution in [3.8, 4) is 6.01 Å². The van der Waals surface area contributed by atoms with E-state index in [2.05, 4.69) is 26.9 Å². The van der Waals surface area contributed by atoms with Crippen molar-refractivity contribution in [2.75, 3.05) is 11.9 Å². The highest BCUT2D eigenvalue weighted by atomic mass is 32.1. The van der Waals surface area contributed by atoms with Gasteiger partial charge in [0, 0.05) is 16.8 Å². The summed E-state index contributed by atoms with van der Waals surface area (Å²) in [6.07, 6.45) is 4.12. The Kier molecular flexibility index (Phi) is 6.44. The average molecular weight is 347 g/mol. The maximum atomic E-state index is 13.8. The van der Waals surface area contributed by atoms with Gasteiger partial charge in [-0.1, -0.05) is 12.6 Å². The van der Waals surface area contributed by atoms with Crippen LogP contribution >= 0.6 is 11.3 Å². The molecule has 2 heterocycles. The van der Waals surface area contributed by atoms with Gasteiger partial charge in [0.2, 0.25) is 0 Å². The Labute approximate surface area is 143 Å². The molecule has 0 unspecified atom stereocenters. The highest BCUT2D eigenvalue weighted by Crippen LogP contribution is 2.16. The number of ether oxygens (including phenoxy) is 1. The SMILES string of the molecule is C=C/C(CNc1nc(OCc2cccs2)ncc1F)=N\C=C(\C)N. The van der Waals surface area contributed by atoms with Crippen molar-refractivity contribution < 1.29 is 9.13 Å². The summed E-state index contributed by atoms with van der Waals surface area (Å²) in [5.74, 6) is -0.540. The molecule has 0 amide bonds. The van der Waals surface area contributed by atoms with E-state index in [-0.39, 0.29) is 18.4 Å². The lowest BCUT2D eigenvalue weighted by molar-refractivity contribution is 0.283. The lowest BCUT2D eigenvalue weighted by atomic mass is 10.3. The monoisotopic (exact) mass is 347 g/mol. The summed E-state index contributed by atoms with van der Waals surface area (Å²) >= 11 is 1.56. The van der Waals surface area contributed by atoms with E-state index in [9.17, 15) is 4.39 Å². The van der Waals surface area contributed by atoms with E-state index in [0.29, 0.717) is 18.0 Å². The number of thiophene rings is 1. The fourth-order valence-corrected chi connectivity index (χ4v) is 2.22. The molecule has 0 atom stereocenters. The topological polar surface area (TPSA) is 85.4 Å². The number of aromatic nitrogens is 2. The molecular formula is C16H18FN5OS. The van der Waals surface area contributed by atoms with Crippen molar-refractivity contribution in [3.63, 3.8) is 0 Å². The molecule has 0 fully saturated rings. The lowest BCUT2D eigenvalue weighted by Crippen LogP contribution is -2.14. The third-order valence-electron chi connectivity index (χ3n) is 2.75. The van der Waals surface area contributed by atoms with Crippen LogP contribution in [0.4, 0.5) is 10.2 Å². The smallest absolute Gasteiger partial charge is 0.318 e. The van der Waals surface area contributed by atoms with Gasteiger partial charge >= 0.3 is 6.01 Å². The maximum Gasteiger partial charge on any atom is 0.318 e. The fraction of sp³-hybridized carbons (Fsp3) is 0.188. The highest BCUT2D eigenvalue weighted by molar-refractivity contribution is 7.09. The van der Waals surface area contributed by atoms with E-state index in [4.69, 9.17) is 10.5 Å². The van der Waals surface area contributed by atoms with E-state index < -0.39 is 5.82 Å². The molecule has 0 aliphatic rings. The van der Waals surface area contributed by atoms with Crippen molar-refractivity contribution in [3.05, 3.63) is 59.0 Å². The summed E-state index contributed by atoms with van der Waals surface area (Å²) in [5.41, 5.74) is 6.68. The van der Waals surface area contributed by atoms with E-state index in [1.807, 2.05) is 17.5 Å². The molecule has 0 bridgehead atoms. The molecule has 2 aromatic heterocycles. The Hall–Kier alpha value is -2.74. The molecule has 0 aliphatic carbocycles. The first-order valence-electron chi connectivity index (χ1n) is 7.11. The minimum Gasteiger partial charge on any atom is -0.458 e. The zero-order valence-electron chi connectivity index (χ0n) is 13.2. The second-order valence-electron chi connectivity index (χ2n) is 4.77. The summed E-state index contributed by atoms with van der Waals surface area (Å²) < 4.78 is 19.3. The first-order chi connectivity index (χ1) is 11.6. The van der Waals surface area contributed by atoms with Crippen LogP contribution in [0.2, 0.25) is 0 Å². The van der Waals surface area contributed by atoms with E-state index in [1.54, 1.807) is 24.3 Å². The van der Waals surface area contributed by atoms with E-state index >= 15 is 0 Å². The van der Waals surface area contributed by atoms with Crippen LogP contribution in [0.15, 0.2) is 53.3 Å². The van der Waals surface area contributed by atoms with Crippen LogP contribution in [0.3, 0.4) is 0 Å². The Morgan fingerprint density at radius 1 is 1.58 bits per heavy atom. The Morgan fingerprint density at radius 2 is 2.42 bits per heavy atom. The Morgan fingerprint density at radius 3 is 3.08 bits per heavy atom. The summed E-state index contributed by atoms with van der Waals surface area (Å²) in [7, 11) is 0. The molecular weight excluding hydrogens is 329 g/mol. The molecule has 24 heavy (non-hydrogen) atoms. The van der Waals surface area contributed by atoms with Crippen molar-refractivity contribution in [2.24, 2.45) is 10.7 Å². The Balaban J connectivity index is 2.01. The van der Waals surface area contributed by atoms with Gasteiger partial charge in [0.1, 0.15) is 6.61 Å². The third-order valence-corrected chi connectivity index (χ3v) is 3.60. The maximum absolute atomic E-state index is 13.8. The van der Waals surface area contributed by atoms with Gasteiger partial charge in [0.25, 0.3) is 0 Å². The average Bonchev–Trinajstić information content (AvgIpc) is 3.08. The zero-order valence-corrected chi connectivity index (χ0v) is 14.0. The minimum absolute atomic E-state index is 0.0363. The molecule has 126 valence electrons. The number of nitrogens with one attached hydrogen (secondary N) is 1. The molecule has 0 saturated carbocycles. The number of rotatable bonds is 8. The second kappa shape index (κ2) is 8.78. The Bertz CT molecular complexity index is 739. The van der Waals surface area contributed by atoms with Crippen LogP contribution < -0.4 is 15.8 Å². The number of nitrogens with zero attached hydrogens (tertiary/aromatic N) is 3. The third kappa shape index (κ3) is 5.47. The number of allylic oxidation sites excluding steroid dienone is 1. The van der Waals surface area contributed by atoms with Gasteiger partial charge in [-0.25, -0.2) is 9.37 Å². The fourth-order valence-electron chi connectivity index (χ4n) is 1.60. The molecule has 0 saturated heterocycles. The van der Waals surface area contributed by atoms with Gasteiger partial charge < -0.3 is 15.8 Å². The molecule has 6 nitrogen and oxygen atoms in total. The molecule has 0 radical (unpaired) electrons. The van der Waals surface area contributed by atoms with Gasteiger partial charge in [-0.2, -0.15) is 4.98 Å². The number of hydrogen-bond acceptors (Lipinski definition) is 7. The van der Waals surface area contributed by atoms with Gasteiger partial charge in [0.05, 0.1) is 18.5 Å².